The van der Waals surface area contributed by atoms with Gasteiger partial charge in [0.2, 0.25) is 0 Å². The molecule has 0 bridgehead atoms. The van der Waals surface area contributed by atoms with E-state index in [1.807, 2.05) is 25.1 Å². The van der Waals surface area contributed by atoms with E-state index in [0.717, 1.165) is 29.1 Å². The van der Waals surface area contributed by atoms with Crippen LogP contribution in [0.4, 0.5) is 0 Å². The highest BCUT2D eigenvalue weighted by Crippen LogP contribution is 2.38. The SMILES string of the molecule is CC(=O)Sc1cc(O[C@H]2c3ccccc3CCC2C)ccc1C. The van der Waals surface area contributed by atoms with Crippen molar-refractivity contribution in [3.63, 3.8) is 0 Å². The van der Waals surface area contributed by atoms with Crippen molar-refractivity contribution < 1.29 is 9.53 Å². The van der Waals surface area contributed by atoms with E-state index >= 15 is 0 Å². The molecule has 2 aromatic rings. The maximum absolute atomic E-state index is 11.4. The van der Waals surface area contributed by atoms with Crippen LogP contribution in [0.2, 0.25) is 0 Å². The third kappa shape index (κ3) is 3.61. The number of hydrogen-bond donors (Lipinski definition) is 0. The Balaban J connectivity index is 1.88. The van der Waals surface area contributed by atoms with Crippen LogP contribution in [0.25, 0.3) is 0 Å². The molecular formula is C20H22O2S. The average Bonchev–Trinajstić information content (AvgIpc) is 2.53. The smallest absolute Gasteiger partial charge is 0.190 e. The number of carbonyl (C=O) groups is 1. The first-order chi connectivity index (χ1) is 11.0. The summed E-state index contributed by atoms with van der Waals surface area (Å²) in [6.07, 6.45) is 2.34. The first-order valence-corrected chi connectivity index (χ1v) is 8.90. The first kappa shape index (κ1) is 16.1. The van der Waals surface area contributed by atoms with Gasteiger partial charge in [-0.1, -0.05) is 49.0 Å². The zero-order chi connectivity index (χ0) is 16.4. The second-order valence-electron chi connectivity index (χ2n) is 6.27. The molecule has 2 aromatic carbocycles. The minimum atomic E-state index is 0.0813. The van der Waals surface area contributed by atoms with Gasteiger partial charge < -0.3 is 4.74 Å². The molecule has 0 aliphatic heterocycles. The van der Waals surface area contributed by atoms with Crippen molar-refractivity contribution in [3.05, 3.63) is 59.2 Å². The van der Waals surface area contributed by atoms with E-state index in [2.05, 4.69) is 31.2 Å². The normalized spacial score (nSPS) is 20.0. The van der Waals surface area contributed by atoms with Crippen molar-refractivity contribution >= 4 is 16.9 Å². The zero-order valence-electron chi connectivity index (χ0n) is 13.8. The molecule has 0 saturated carbocycles. The standard InChI is InChI=1S/C20H22O2S/c1-13-9-11-17(12-19(13)23-15(3)21)22-20-14(2)8-10-16-6-4-5-7-18(16)20/h4-7,9,11-12,14,20H,8,10H2,1-3H3/t14?,20-/m1/s1. The molecule has 23 heavy (non-hydrogen) atoms. The molecule has 3 heteroatoms. The molecule has 1 unspecified atom stereocenters. The van der Waals surface area contributed by atoms with E-state index in [-0.39, 0.29) is 11.2 Å². The third-order valence-electron chi connectivity index (χ3n) is 4.42. The Bertz CT molecular complexity index is 723. The summed E-state index contributed by atoms with van der Waals surface area (Å²) in [6.45, 7) is 5.87. The van der Waals surface area contributed by atoms with Crippen LogP contribution in [0.5, 0.6) is 5.75 Å². The summed E-state index contributed by atoms with van der Waals surface area (Å²) in [6, 6.07) is 14.6. The number of thioether (sulfide) groups is 1. The van der Waals surface area contributed by atoms with Gasteiger partial charge in [0.05, 0.1) is 0 Å². The number of rotatable bonds is 3. The van der Waals surface area contributed by atoms with Crippen molar-refractivity contribution in [2.24, 2.45) is 5.92 Å². The summed E-state index contributed by atoms with van der Waals surface area (Å²) >= 11 is 1.27. The summed E-state index contributed by atoms with van der Waals surface area (Å²) in [5.74, 6) is 1.32. The monoisotopic (exact) mass is 326 g/mol. The van der Waals surface area contributed by atoms with Crippen LogP contribution < -0.4 is 4.74 Å². The molecule has 0 heterocycles. The van der Waals surface area contributed by atoms with E-state index in [9.17, 15) is 4.79 Å². The van der Waals surface area contributed by atoms with Gasteiger partial charge in [0.1, 0.15) is 11.9 Å². The van der Waals surface area contributed by atoms with Crippen molar-refractivity contribution in [3.8, 4) is 5.75 Å². The van der Waals surface area contributed by atoms with Gasteiger partial charge in [-0.05, 0) is 54.5 Å². The van der Waals surface area contributed by atoms with Gasteiger partial charge >= 0.3 is 0 Å². The lowest BCUT2D eigenvalue weighted by Crippen LogP contribution is -2.23. The van der Waals surface area contributed by atoms with Crippen LogP contribution in [-0.2, 0) is 11.2 Å². The molecular weight excluding hydrogens is 304 g/mol. The predicted molar refractivity (Wildman–Crippen MR) is 95.0 cm³/mol. The number of hydrogen-bond acceptors (Lipinski definition) is 3. The molecule has 0 fully saturated rings. The molecule has 0 radical (unpaired) electrons. The minimum Gasteiger partial charge on any atom is -0.485 e. The summed E-state index contributed by atoms with van der Waals surface area (Å²) in [7, 11) is 0. The zero-order valence-corrected chi connectivity index (χ0v) is 14.7. The van der Waals surface area contributed by atoms with Gasteiger partial charge in [-0.15, -0.1) is 0 Å². The highest BCUT2D eigenvalue weighted by molar-refractivity contribution is 8.13. The number of benzene rings is 2. The Morgan fingerprint density at radius 1 is 1.22 bits per heavy atom. The average molecular weight is 326 g/mol. The van der Waals surface area contributed by atoms with Gasteiger partial charge in [0, 0.05) is 11.8 Å². The summed E-state index contributed by atoms with van der Waals surface area (Å²) in [4.78, 5) is 12.4. The summed E-state index contributed by atoms with van der Waals surface area (Å²) < 4.78 is 6.35. The van der Waals surface area contributed by atoms with Crippen molar-refractivity contribution in [1.82, 2.24) is 0 Å². The fraction of sp³-hybridized carbons (Fsp3) is 0.350. The fourth-order valence-electron chi connectivity index (χ4n) is 3.13. The van der Waals surface area contributed by atoms with E-state index < -0.39 is 0 Å². The van der Waals surface area contributed by atoms with Crippen molar-refractivity contribution in [1.29, 1.82) is 0 Å². The molecule has 0 spiro atoms. The Morgan fingerprint density at radius 3 is 2.78 bits per heavy atom. The topological polar surface area (TPSA) is 26.3 Å². The highest BCUT2D eigenvalue weighted by Gasteiger charge is 2.28. The first-order valence-electron chi connectivity index (χ1n) is 8.08. The van der Waals surface area contributed by atoms with Gasteiger partial charge in [-0.2, -0.15) is 0 Å². The molecule has 0 aromatic heterocycles. The van der Waals surface area contributed by atoms with Crippen molar-refractivity contribution in [2.45, 2.75) is 44.6 Å². The lowest BCUT2D eigenvalue weighted by atomic mass is 9.82. The molecule has 2 atom stereocenters. The molecule has 0 saturated heterocycles. The Kier molecular flexibility index (Phi) is 4.76. The second-order valence-corrected chi connectivity index (χ2v) is 7.49. The minimum absolute atomic E-state index is 0.0813. The fourth-order valence-corrected chi connectivity index (χ4v) is 3.84. The van der Waals surface area contributed by atoms with Crippen LogP contribution in [-0.4, -0.2) is 5.12 Å². The van der Waals surface area contributed by atoms with E-state index in [0.29, 0.717) is 5.92 Å². The largest absolute Gasteiger partial charge is 0.485 e. The highest BCUT2D eigenvalue weighted by atomic mass is 32.2. The van der Waals surface area contributed by atoms with E-state index in [1.54, 1.807) is 6.92 Å². The number of carbonyl (C=O) groups excluding carboxylic acids is 1. The Hall–Kier alpha value is -1.74. The van der Waals surface area contributed by atoms with Gasteiger partial charge in [-0.25, -0.2) is 0 Å². The van der Waals surface area contributed by atoms with Crippen LogP contribution in [0.15, 0.2) is 47.4 Å². The molecule has 1 aliphatic rings. The number of fused-ring (bicyclic) bond motifs is 1. The molecule has 120 valence electrons. The maximum Gasteiger partial charge on any atom is 0.190 e. The predicted octanol–water partition coefficient (Wildman–Crippen LogP) is 5.34. The Morgan fingerprint density at radius 2 is 2.00 bits per heavy atom. The van der Waals surface area contributed by atoms with Crippen LogP contribution >= 0.6 is 11.8 Å². The summed E-state index contributed by atoms with van der Waals surface area (Å²) in [5.41, 5.74) is 3.79. The lowest BCUT2D eigenvalue weighted by molar-refractivity contribution is -0.109. The van der Waals surface area contributed by atoms with Gasteiger partial charge in [0.25, 0.3) is 0 Å². The Labute approximate surface area is 142 Å². The van der Waals surface area contributed by atoms with Gasteiger partial charge in [-0.3, -0.25) is 4.79 Å². The van der Waals surface area contributed by atoms with Crippen LogP contribution in [0, 0.1) is 12.8 Å². The van der Waals surface area contributed by atoms with Crippen molar-refractivity contribution in [2.75, 3.05) is 0 Å². The maximum atomic E-state index is 11.4. The number of aryl methyl sites for hydroxylation is 2. The van der Waals surface area contributed by atoms with Gasteiger partial charge in [0.15, 0.2) is 5.12 Å². The quantitative estimate of drug-likeness (QED) is 0.713. The lowest BCUT2D eigenvalue weighted by Gasteiger charge is -2.32. The van der Waals surface area contributed by atoms with Crippen LogP contribution in [0.3, 0.4) is 0 Å². The molecule has 0 N–H and O–H groups in total. The molecule has 3 rings (SSSR count). The number of ether oxygens (including phenoxy) is 1. The van der Waals surface area contributed by atoms with E-state index in [4.69, 9.17) is 4.74 Å². The second kappa shape index (κ2) is 6.79. The van der Waals surface area contributed by atoms with E-state index in [1.165, 1.54) is 22.9 Å². The molecule has 0 amide bonds. The summed E-state index contributed by atoms with van der Waals surface area (Å²) in [5, 5.41) is 0.0987. The molecule has 1 aliphatic carbocycles. The molecule has 2 nitrogen and oxygen atoms in total. The van der Waals surface area contributed by atoms with Crippen LogP contribution in [0.1, 0.15) is 43.1 Å². The third-order valence-corrected chi connectivity index (χ3v) is 5.37.